The van der Waals surface area contributed by atoms with Gasteiger partial charge in [0.05, 0.1) is 12.8 Å². The molecule has 100 valence electrons. The minimum atomic E-state index is -0.214. The molecule has 0 aliphatic rings. The molecule has 1 N–H and O–H groups in total. The predicted octanol–water partition coefficient (Wildman–Crippen LogP) is 3.01. The zero-order valence-electron chi connectivity index (χ0n) is 11.1. The summed E-state index contributed by atoms with van der Waals surface area (Å²) in [4.78, 5) is 4.11. The van der Waals surface area contributed by atoms with Crippen molar-refractivity contribution < 1.29 is 9.13 Å². The van der Waals surface area contributed by atoms with E-state index in [1.807, 2.05) is 19.1 Å². The highest BCUT2D eigenvalue weighted by Gasteiger charge is 2.06. The quantitative estimate of drug-likeness (QED) is 0.897. The molecule has 19 heavy (non-hydrogen) atoms. The number of nitrogens with zero attached hydrogens (tertiary/aromatic N) is 1. The fourth-order valence-electron chi connectivity index (χ4n) is 1.88. The van der Waals surface area contributed by atoms with Crippen molar-refractivity contribution in [3.63, 3.8) is 0 Å². The molecule has 0 amide bonds. The minimum absolute atomic E-state index is 0.214. The van der Waals surface area contributed by atoms with E-state index in [0.717, 1.165) is 11.1 Å². The van der Waals surface area contributed by atoms with Crippen molar-refractivity contribution in [3.8, 4) is 16.9 Å². The van der Waals surface area contributed by atoms with Gasteiger partial charge in [-0.3, -0.25) is 4.98 Å². The van der Waals surface area contributed by atoms with Gasteiger partial charge in [-0.05, 0) is 31.7 Å². The molecule has 1 aromatic carbocycles. The van der Waals surface area contributed by atoms with Crippen molar-refractivity contribution in [2.45, 2.75) is 13.5 Å². The number of ether oxygens (including phenoxy) is 1. The van der Waals surface area contributed by atoms with Crippen molar-refractivity contribution >= 4 is 0 Å². The Morgan fingerprint density at radius 1 is 1.21 bits per heavy atom. The third-order valence-corrected chi connectivity index (χ3v) is 2.78. The Bertz CT molecular complexity index is 558. The minimum Gasteiger partial charge on any atom is -0.492 e. The van der Waals surface area contributed by atoms with Crippen LogP contribution in [0.25, 0.3) is 11.1 Å². The standard InChI is InChI=1S/C15H17FN2O/c1-3-19-14-6-13(9-18-10-14)11-4-5-12(8-17-2)15(16)7-11/h4-7,9-10,17H,3,8H2,1-2H3. The van der Waals surface area contributed by atoms with Gasteiger partial charge in [0, 0.05) is 23.9 Å². The van der Waals surface area contributed by atoms with Crippen LogP contribution in [0.1, 0.15) is 12.5 Å². The molecular formula is C15H17FN2O. The first kappa shape index (κ1) is 13.5. The summed E-state index contributed by atoms with van der Waals surface area (Å²) in [5.41, 5.74) is 2.30. The summed E-state index contributed by atoms with van der Waals surface area (Å²) in [5, 5.41) is 2.94. The van der Waals surface area contributed by atoms with Gasteiger partial charge in [-0.1, -0.05) is 12.1 Å². The van der Waals surface area contributed by atoms with Gasteiger partial charge in [-0.2, -0.15) is 0 Å². The van der Waals surface area contributed by atoms with Crippen LogP contribution in [0.5, 0.6) is 5.75 Å². The lowest BCUT2D eigenvalue weighted by Gasteiger charge is -2.08. The fourth-order valence-corrected chi connectivity index (χ4v) is 1.88. The van der Waals surface area contributed by atoms with E-state index in [4.69, 9.17) is 4.74 Å². The van der Waals surface area contributed by atoms with Gasteiger partial charge < -0.3 is 10.1 Å². The number of pyridine rings is 1. The Labute approximate surface area is 112 Å². The molecule has 0 fully saturated rings. The van der Waals surface area contributed by atoms with E-state index in [1.54, 1.807) is 25.5 Å². The molecule has 0 aliphatic carbocycles. The normalized spacial score (nSPS) is 10.5. The molecule has 2 aromatic rings. The topological polar surface area (TPSA) is 34.1 Å². The Morgan fingerprint density at radius 2 is 2.05 bits per heavy atom. The summed E-state index contributed by atoms with van der Waals surface area (Å²) >= 11 is 0. The van der Waals surface area contributed by atoms with Gasteiger partial charge in [0.1, 0.15) is 11.6 Å². The Balaban J connectivity index is 2.31. The largest absolute Gasteiger partial charge is 0.492 e. The zero-order valence-corrected chi connectivity index (χ0v) is 11.1. The maximum Gasteiger partial charge on any atom is 0.138 e. The van der Waals surface area contributed by atoms with E-state index in [0.29, 0.717) is 24.5 Å². The summed E-state index contributed by atoms with van der Waals surface area (Å²) in [6.07, 6.45) is 3.35. The van der Waals surface area contributed by atoms with Crippen LogP contribution in [-0.4, -0.2) is 18.6 Å². The highest BCUT2D eigenvalue weighted by molar-refractivity contribution is 5.64. The fraction of sp³-hybridized carbons (Fsp3) is 0.267. The van der Waals surface area contributed by atoms with Crippen LogP contribution < -0.4 is 10.1 Å². The van der Waals surface area contributed by atoms with Crippen molar-refractivity contribution in [2.24, 2.45) is 0 Å². The monoisotopic (exact) mass is 260 g/mol. The zero-order chi connectivity index (χ0) is 13.7. The van der Waals surface area contributed by atoms with Gasteiger partial charge in [0.15, 0.2) is 0 Å². The summed E-state index contributed by atoms with van der Waals surface area (Å²) < 4.78 is 19.3. The SMILES string of the molecule is CCOc1cncc(-c2ccc(CNC)c(F)c2)c1. The first-order valence-electron chi connectivity index (χ1n) is 6.26. The number of rotatable bonds is 5. The maximum absolute atomic E-state index is 13.9. The number of hydrogen-bond donors (Lipinski definition) is 1. The average Bonchev–Trinajstić information content (AvgIpc) is 2.42. The van der Waals surface area contributed by atoms with Crippen LogP contribution in [0.4, 0.5) is 4.39 Å². The van der Waals surface area contributed by atoms with E-state index in [2.05, 4.69) is 10.3 Å². The molecule has 0 spiro atoms. The first-order chi connectivity index (χ1) is 9.24. The number of benzene rings is 1. The highest BCUT2D eigenvalue weighted by atomic mass is 19.1. The Hall–Kier alpha value is -1.94. The second-order valence-corrected chi connectivity index (χ2v) is 4.18. The van der Waals surface area contributed by atoms with Crippen LogP contribution in [0.3, 0.4) is 0 Å². The number of hydrogen-bond acceptors (Lipinski definition) is 3. The highest BCUT2D eigenvalue weighted by Crippen LogP contribution is 2.24. The maximum atomic E-state index is 13.9. The number of halogens is 1. The van der Waals surface area contributed by atoms with Crippen LogP contribution in [0.2, 0.25) is 0 Å². The predicted molar refractivity (Wildman–Crippen MR) is 73.6 cm³/mol. The molecule has 0 aliphatic heterocycles. The molecule has 0 saturated carbocycles. The number of aromatic nitrogens is 1. The number of nitrogens with one attached hydrogen (secondary N) is 1. The molecule has 0 atom stereocenters. The second kappa shape index (κ2) is 6.29. The average molecular weight is 260 g/mol. The van der Waals surface area contributed by atoms with Gasteiger partial charge in [0.2, 0.25) is 0 Å². The van der Waals surface area contributed by atoms with Crippen LogP contribution in [-0.2, 0) is 6.54 Å². The van der Waals surface area contributed by atoms with Crippen LogP contribution in [0, 0.1) is 5.82 Å². The van der Waals surface area contributed by atoms with Crippen molar-refractivity contribution in [2.75, 3.05) is 13.7 Å². The van der Waals surface area contributed by atoms with E-state index >= 15 is 0 Å². The molecule has 4 heteroatoms. The lowest BCUT2D eigenvalue weighted by Crippen LogP contribution is -2.06. The van der Waals surface area contributed by atoms with E-state index in [1.165, 1.54) is 6.07 Å². The summed E-state index contributed by atoms with van der Waals surface area (Å²) in [6.45, 7) is 3.02. The van der Waals surface area contributed by atoms with E-state index in [9.17, 15) is 4.39 Å². The van der Waals surface area contributed by atoms with Crippen molar-refractivity contribution in [3.05, 3.63) is 48.0 Å². The molecule has 0 saturated heterocycles. The molecule has 2 rings (SSSR count). The molecule has 3 nitrogen and oxygen atoms in total. The molecule has 0 radical (unpaired) electrons. The lowest BCUT2D eigenvalue weighted by molar-refractivity contribution is 0.339. The van der Waals surface area contributed by atoms with Crippen molar-refractivity contribution in [1.29, 1.82) is 0 Å². The Kier molecular flexibility index (Phi) is 4.47. The third-order valence-electron chi connectivity index (χ3n) is 2.78. The van der Waals surface area contributed by atoms with Crippen LogP contribution >= 0.6 is 0 Å². The first-order valence-corrected chi connectivity index (χ1v) is 6.26. The summed E-state index contributed by atoms with van der Waals surface area (Å²) in [5.74, 6) is 0.480. The van der Waals surface area contributed by atoms with Crippen LogP contribution in [0.15, 0.2) is 36.7 Å². The van der Waals surface area contributed by atoms with Gasteiger partial charge in [-0.15, -0.1) is 0 Å². The Morgan fingerprint density at radius 3 is 2.74 bits per heavy atom. The summed E-state index contributed by atoms with van der Waals surface area (Å²) in [6, 6.07) is 7.07. The molecule has 1 aromatic heterocycles. The smallest absolute Gasteiger partial charge is 0.138 e. The molecular weight excluding hydrogens is 243 g/mol. The second-order valence-electron chi connectivity index (χ2n) is 4.18. The van der Waals surface area contributed by atoms with Gasteiger partial charge in [0.25, 0.3) is 0 Å². The van der Waals surface area contributed by atoms with Gasteiger partial charge >= 0.3 is 0 Å². The summed E-state index contributed by atoms with van der Waals surface area (Å²) in [7, 11) is 1.79. The molecule has 0 bridgehead atoms. The third kappa shape index (κ3) is 3.29. The van der Waals surface area contributed by atoms with E-state index < -0.39 is 0 Å². The lowest BCUT2D eigenvalue weighted by atomic mass is 10.0. The molecule has 0 unspecified atom stereocenters. The van der Waals surface area contributed by atoms with E-state index in [-0.39, 0.29) is 5.82 Å². The molecule has 1 heterocycles. The van der Waals surface area contributed by atoms with Crippen molar-refractivity contribution in [1.82, 2.24) is 10.3 Å². The van der Waals surface area contributed by atoms with Gasteiger partial charge in [-0.25, -0.2) is 4.39 Å².